The summed E-state index contributed by atoms with van der Waals surface area (Å²) < 4.78 is 39.9. The highest BCUT2D eigenvalue weighted by molar-refractivity contribution is 5.95. The van der Waals surface area contributed by atoms with E-state index in [0.29, 0.717) is 19.0 Å². The lowest BCUT2D eigenvalue weighted by Crippen LogP contribution is -2.47. The summed E-state index contributed by atoms with van der Waals surface area (Å²) in [6.07, 6.45) is 4.91. The van der Waals surface area contributed by atoms with Crippen molar-refractivity contribution < 1.29 is 22.8 Å². The van der Waals surface area contributed by atoms with Crippen molar-refractivity contribution in [3.05, 3.63) is 29.6 Å². The van der Waals surface area contributed by atoms with Crippen LogP contribution in [0.2, 0.25) is 0 Å². The van der Waals surface area contributed by atoms with Crippen LogP contribution in [0.5, 0.6) is 0 Å². The van der Waals surface area contributed by atoms with Gasteiger partial charge in [0.25, 0.3) is 0 Å². The van der Waals surface area contributed by atoms with Crippen LogP contribution in [0, 0.1) is 23.4 Å². The van der Waals surface area contributed by atoms with Crippen molar-refractivity contribution in [1.82, 2.24) is 15.5 Å². The van der Waals surface area contributed by atoms with Crippen LogP contribution in [-0.2, 0) is 9.59 Å². The molecule has 0 radical (unpaired) electrons. The molecular weight excluding hydrogens is 399 g/mol. The van der Waals surface area contributed by atoms with Gasteiger partial charge in [0.1, 0.15) is 0 Å². The third kappa shape index (κ3) is 5.22. The molecule has 1 saturated heterocycles. The van der Waals surface area contributed by atoms with E-state index in [1.807, 2.05) is 4.90 Å². The predicted octanol–water partition coefficient (Wildman–Crippen LogP) is 2.00. The summed E-state index contributed by atoms with van der Waals surface area (Å²) in [5.41, 5.74) is -0.444. The first-order valence-electron chi connectivity index (χ1n) is 10.1. The number of nitrogens with zero attached hydrogens (tertiary/aromatic N) is 2. The number of aliphatic imine (C=N–C) groups is 1. The van der Waals surface area contributed by atoms with Crippen molar-refractivity contribution in [2.45, 2.75) is 38.1 Å². The topological polar surface area (TPSA) is 85.8 Å². The number of carbonyl (C=O) groups excluding carboxylic acids is 2. The van der Waals surface area contributed by atoms with Crippen LogP contribution < -0.4 is 16.0 Å². The molecule has 7 nitrogen and oxygen atoms in total. The fraction of sp³-hybridized carbons (Fsp3) is 0.550. The van der Waals surface area contributed by atoms with Gasteiger partial charge in [0.05, 0.1) is 12.2 Å². The normalized spacial score (nSPS) is 19.8. The Hall–Kier alpha value is -2.78. The van der Waals surface area contributed by atoms with Gasteiger partial charge in [-0.15, -0.1) is 0 Å². The molecule has 1 unspecified atom stereocenters. The van der Waals surface area contributed by atoms with E-state index in [9.17, 15) is 22.8 Å². The molecule has 1 saturated carbocycles. The molecule has 1 aliphatic heterocycles. The maximum atomic E-state index is 13.7. The third-order valence-electron chi connectivity index (χ3n) is 5.49. The molecule has 3 N–H and O–H groups in total. The van der Waals surface area contributed by atoms with Gasteiger partial charge in [-0.2, -0.15) is 0 Å². The number of nitrogens with one attached hydrogen (secondary N) is 3. The minimum absolute atomic E-state index is 0.00764. The Kier molecular flexibility index (Phi) is 7.17. The Morgan fingerprint density at radius 2 is 1.87 bits per heavy atom. The van der Waals surface area contributed by atoms with Gasteiger partial charge in [-0.3, -0.25) is 14.6 Å². The fourth-order valence-electron chi connectivity index (χ4n) is 3.88. The third-order valence-corrected chi connectivity index (χ3v) is 5.49. The number of hydrogen-bond donors (Lipinski definition) is 3. The van der Waals surface area contributed by atoms with E-state index >= 15 is 0 Å². The SMILES string of the molecule is CN=C(NCC(=O)Nc1ccc(F)c(F)c1F)NC1CCN(C(=O)C2CCCC2)C1. The van der Waals surface area contributed by atoms with Gasteiger partial charge >= 0.3 is 0 Å². The lowest BCUT2D eigenvalue weighted by atomic mass is 10.1. The lowest BCUT2D eigenvalue weighted by Gasteiger charge is -2.21. The number of likely N-dealkylation sites (tertiary alicyclic amines) is 1. The Bertz CT molecular complexity index is 827. The minimum Gasteiger partial charge on any atom is -0.352 e. The molecule has 3 rings (SSSR count). The first kappa shape index (κ1) is 21.9. The molecular formula is C20H26F3N5O2. The summed E-state index contributed by atoms with van der Waals surface area (Å²) in [7, 11) is 1.54. The summed E-state index contributed by atoms with van der Waals surface area (Å²) in [5.74, 6) is -4.36. The van der Waals surface area contributed by atoms with Gasteiger partial charge in [-0.1, -0.05) is 12.8 Å². The quantitative estimate of drug-likeness (QED) is 0.383. The van der Waals surface area contributed by atoms with Gasteiger partial charge < -0.3 is 20.9 Å². The number of halogens is 3. The molecule has 10 heteroatoms. The largest absolute Gasteiger partial charge is 0.352 e. The standard InChI is InChI=1S/C20H26F3N5O2/c1-24-20(25-10-16(29)27-15-7-6-14(21)17(22)18(15)23)26-13-8-9-28(11-13)19(30)12-4-2-3-5-12/h6-7,12-13H,2-5,8-11H2,1H3,(H,27,29)(H2,24,25,26). The highest BCUT2D eigenvalue weighted by atomic mass is 19.2. The molecule has 1 atom stereocenters. The van der Waals surface area contributed by atoms with E-state index in [0.717, 1.165) is 44.2 Å². The Morgan fingerprint density at radius 3 is 2.57 bits per heavy atom. The van der Waals surface area contributed by atoms with Crippen molar-refractivity contribution in [2.75, 3.05) is 32.0 Å². The number of carbonyl (C=O) groups is 2. The first-order chi connectivity index (χ1) is 14.4. The lowest BCUT2D eigenvalue weighted by molar-refractivity contribution is -0.134. The summed E-state index contributed by atoms with van der Waals surface area (Å²) in [6.45, 7) is 0.998. The highest BCUT2D eigenvalue weighted by Crippen LogP contribution is 2.27. The fourth-order valence-corrected chi connectivity index (χ4v) is 3.88. The van der Waals surface area contributed by atoms with Crippen LogP contribution in [0.15, 0.2) is 17.1 Å². The molecule has 30 heavy (non-hydrogen) atoms. The second-order valence-corrected chi connectivity index (χ2v) is 7.59. The molecule has 0 spiro atoms. The van der Waals surface area contributed by atoms with Gasteiger partial charge in [-0.05, 0) is 31.4 Å². The zero-order valence-corrected chi connectivity index (χ0v) is 16.8. The average Bonchev–Trinajstić information content (AvgIpc) is 3.43. The molecule has 1 aromatic carbocycles. The molecule has 0 bridgehead atoms. The number of rotatable bonds is 5. The zero-order chi connectivity index (χ0) is 21.7. The number of guanidine groups is 1. The van der Waals surface area contributed by atoms with Gasteiger partial charge in [0, 0.05) is 32.1 Å². The van der Waals surface area contributed by atoms with Gasteiger partial charge in [-0.25, -0.2) is 13.2 Å². The average molecular weight is 425 g/mol. The second-order valence-electron chi connectivity index (χ2n) is 7.59. The highest BCUT2D eigenvalue weighted by Gasteiger charge is 2.32. The number of hydrogen-bond acceptors (Lipinski definition) is 3. The maximum absolute atomic E-state index is 13.7. The zero-order valence-electron chi connectivity index (χ0n) is 16.8. The Morgan fingerprint density at radius 1 is 1.13 bits per heavy atom. The van der Waals surface area contributed by atoms with Crippen LogP contribution in [0.1, 0.15) is 32.1 Å². The maximum Gasteiger partial charge on any atom is 0.243 e. The first-order valence-corrected chi connectivity index (χ1v) is 10.1. The summed E-state index contributed by atoms with van der Waals surface area (Å²) >= 11 is 0. The van der Waals surface area contributed by atoms with Crippen molar-refractivity contribution in [2.24, 2.45) is 10.9 Å². The van der Waals surface area contributed by atoms with Crippen LogP contribution in [0.3, 0.4) is 0 Å². The van der Waals surface area contributed by atoms with Crippen molar-refractivity contribution in [3.8, 4) is 0 Å². The van der Waals surface area contributed by atoms with Crippen LogP contribution >= 0.6 is 0 Å². The summed E-state index contributed by atoms with van der Waals surface area (Å²) in [5, 5.41) is 8.15. The van der Waals surface area contributed by atoms with E-state index in [-0.39, 0.29) is 24.4 Å². The molecule has 1 aromatic rings. The van der Waals surface area contributed by atoms with Crippen LogP contribution in [0.25, 0.3) is 0 Å². The van der Waals surface area contributed by atoms with E-state index in [2.05, 4.69) is 20.9 Å². The van der Waals surface area contributed by atoms with E-state index in [1.54, 1.807) is 7.05 Å². The minimum atomic E-state index is -1.64. The van der Waals surface area contributed by atoms with Gasteiger partial charge in [0.15, 0.2) is 23.4 Å². The molecule has 1 aliphatic carbocycles. The summed E-state index contributed by atoms with van der Waals surface area (Å²) in [6, 6.07) is 1.70. The predicted molar refractivity (Wildman–Crippen MR) is 106 cm³/mol. The molecule has 0 aromatic heterocycles. The Labute approximate surface area is 173 Å². The molecule has 2 amide bonds. The van der Waals surface area contributed by atoms with Crippen molar-refractivity contribution >= 4 is 23.5 Å². The molecule has 1 heterocycles. The molecule has 164 valence electrons. The van der Waals surface area contributed by atoms with E-state index < -0.39 is 29.0 Å². The molecule has 2 fully saturated rings. The Balaban J connectivity index is 1.45. The molecule has 2 aliphatic rings. The van der Waals surface area contributed by atoms with E-state index in [4.69, 9.17) is 0 Å². The van der Waals surface area contributed by atoms with Crippen LogP contribution in [0.4, 0.5) is 18.9 Å². The van der Waals surface area contributed by atoms with Gasteiger partial charge in [0.2, 0.25) is 11.8 Å². The number of anilines is 1. The van der Waals surface area contributed by atoms with E-state index in [1.165, 1.54) is 0 Å². The van der Waals surface area contributed by atoms with Crippen molar-refractivity contribution in [1.29, 1.82) is 0 Å². The summed E-state index contributed by atoms with van der Waals surface area (Å²) in [4.78, 5) is 30.5. The van der Waals surface area contributed by atoms with Crippen LogP contribution in [-0.4, -0.2) is 55.4 Å². The number of amides is 2. The monoisotopic (exact) mass is 425 g/mol. The second kappa shape index (κ2) is 9.82. The number of benzene rings is 1. The van der Waals surface area contributed by atoms with Crippen molar-refractivity contribution in [3.63, 3.8) is 0 Å². The smallest absolute Gasteiger partial charge is 0.243 e.